The van der Waals surface area contributed by atoms with Gasteiger partial charge >= 0.3 is 0 Å². The SMILES string of the molecule is Cc1cc(Br)cnc1Oc1cnn(C)c1. The molecule has 78 valence electrons. The van der Waals surface area contributed by atoms with Crippen LogP contribution in [0.2, 0.25) is 0 Å². The molecule has 2 aromatic rings. The zero-order chi connectivity index (χ0) is 10.8. The molecule has 2 aromatic heterocycles. The van der Waals surface area contributed by atoms with Crippen LogP contribution in [-0.2, 0) is 7.05 Å². The first-order valence-corrected chi connectivity index (χ1v) is 5.23. The fraction of sp³-hybridized carbons (Fsp3) is 0.200. The van der Waals surface area contributed by atoms with Gasteiger partial charge in [0.25, 0.3) is 0 Å². The van der Waals surface area contributed by atoms with Crippen molar-refractivity contribution in [3.8, 4) is 11.6 Å². The molecule has 0 aliphatic carbocycles. The molecule has 0 aliphatic rings. The lowest BCUT2D eigenvalue weighted by Crippen LogP contribution is -1.90. The molecule has 0 aromatic carbocycles. The summed E-state index contributed by atoms with van der Waals surface area (Å²) in [4.78, 5) is 4.18. The molecule has 4 nitrogen and oxygen atoms in total. The standard InChI is InChI=1S/C10H10BrN3O/c1-7-3-8(11)4-12-10(7)15-9-5-13-14(2)6-9/h3-6H,1-2H3. The molecule has 0 N–H and O–H groups in total. The second-order valence-electron chi connectivity index (χ2n) is 3.23. The Morgan fingerprint density at radius 1 is 1.40 bits per heavy atom. The Labute approximate surface area is 96.0 Å². The molecule has 15 heavy (non-hydrogen) atoms. The minimum atomic E-state index is 0.603. The van der Waals surface area contributed by atoms with E-state index in [0.29, 0.717) is 11.6 Å². The van der Waals surface area contributed by atoms with Crippen LogP contribution in [0.3, 0.4) is 0 Å². The third-order valence-corrected chi connectivity index (χ3v) is 2.33. The Morgan fingerprint density at radius 2 is 2.20 bits per heavy atom. The van der Waals surface area contributed by atoms with Crippen molar-refractivity contribution in [2.24, 2.45) is 7.05 Å². The van der Waals surface area contributed by atoms with Gasteiger partial charge in [-0.15, -0.1) is 0 Å². The molecule has 0 spiro atoms. The fourth-order valence-corrected chi connectivity index (χ4v) is 1.64. The van der Waals surface area contributed by atoms with Gasteiger partial charge in [0.15, 0.2) is 5.75 Å². The number of nitrogens with zero attached hydrogens (tertiary/aromatic N) is 3. The average molecular weight is 268 g/mol. The minimum Gasteiger partial charge on any atom is -0.435 e. The summed E-state index contributed by atoms with van der Waals surface area (Å²) < 4.78 is 8.20. The van der Waals surface area contributed by atoms with Crippen molar-refractivity contribution in [2.75, 3.05) is 0 Å². The smallest absolute Gasteiger partial charge is 0.222 e. The molecule has 0 radical (unpaired) electrons. The second-order valence-corrected chi connectivity index (χ2v) is 4.14. The van der Waals surface area contributed by atoms with Crippen LogP contribution in [0.15, 0.2) is 29.1 Å². The molecule has 0 saturated heterocycles. The first-order valence-electron chi connectivity index (χ1n) is 4.44. The van der Waals surface area contributed by atoms with Gasteiger partial charge in [-0.2, -0.15) is 5.10 Å². The summed E-state index contributed by atoms with van der Waals surface area (Å²) >= 11 is 3.35. The lowest BCUT2D eigenvalue weighted by Gasteiger charge is -2.04. The van der Waals surface area contributed by atoms with E-state index in [-0.39, 0.29) is 0 Å². The predicted molar refractivity (Wildman–Crippen MR) is 60.0 cm³/mol. The van der Waals surface area contributed by atoms with Gasteiger partial charge in [-0.3, -0.25) is 4.68 Å². The Kier molecular flexibility index (Phi) is 2.73. The second kappa shape index (κ2) is 4.02. The van der Waals surface area contributed by atoms with E-state index in [1.807, 2.05) is 20.0 Å². The maximum Gasteiger partial charge on any atom is 0.222 e. The van der Waals surface area contributed by atoms with Gasteiger partial charge < -0.3 is 4.74 Å². The van der Waals surface area contributed by atoms with Crippen molar-refractivity contribution in [3.63, 3.8) is 0 Å². The van der Waals surface area contributed by atoms with Crippen molar-refractivity contribution in [1.82, 2.24) is 14.8 Å². The molecule has 0 atom stereocenters. The Hall–Kier alpha value is -1.36. The maximum atomic E-state index is 5.57. The highest BCUT2D eigenvalue weighted by Crippen LogP contribution is 2.23. The van der Waals surface area contributed by atoms with E-state index in [0.717, 1.165) is 10.0 Å². The van der Waals surface area contributed by atoms with Crippen LogP contribution in [0.25, 0.3) is 0 Å². The lowest BCUT2D eigenvalue weighted by molar-refractivity contribution is 0.458. The Balaban J connectivity index is 2.24. The van der Waals surface area contributed by atoms with Crippen molar-refractivity contribution < 1.29 is 4.74 Å². The average Bonchev–Trinajstić information content (AvgIpc) is 2.56. The number of pyridine rings is 1. The van der Waals surface area contributed by atoms with Crippen LogP contribution in [0.4, 0.5) is 0 Å². The van der Waals surface area contributed by atoms with Crippen LogP contribution in [0, 0.1) is 6.92 Å². The maximum absolute atomic E-state index is 5.57. The van der Waals surface area contributed by atoms with E-state index < -0.39 is 0 Å². The highest BCUT2D eigenvalue weighted by atomic mass is 79.9. The van der Waals surface area contributed by atoms with Crippen LogP contribution in [0.5, 0.6) is 11.6 Å². The van der Waals surface area contributed by atoms with Crippen LogP contribution in [0.1, 0.15) is 5.56 Å². The topological polar surface area (TPSA) is 39.9 Å². The fourth-order valence-electron chi connectivity index (χ4n) is 1.20. The highest BCUT2D eigenvalue weighted by Gasteiger charge is 2.04. The van der Waals surface area contributed by atoms with Gasteiger partial charge in [0.2, 0.25) is 5.88 Å². The molecule has 0 aliphatic heterocycles. The van der Waals surface area contributed by atoms with E-state index in [1.54, 1.807) is 23.3 Å². The summed E-state index contributed by atoms with van der Waals surface area (Å²) in [5.74, 6) is 1.29. The largest absolute Gasteiger partial charge is 0.435 e. The lowest BCUT2D eigenvalue weighted by atomic mass is 10.3. The minimum absolute atomic E-state index is 0.603. The summed E-state index contributed by atoms with van der Waals surface area (Å²) in [6, 6.07) is 1.96. The molecule has 0 unspecified atom stereocenters. The molecule has 2 heterocycles. The van der Waals surface area contributed by atoms with E-state index in [1.165, 1.54) is 0 Å². The zero-order valence-corrected chi connectivity index (χ0v) is 10.0. The molecule has 5 heteroatoms. The molecular weight excluding hydrogens is 258 g/mol. The van der Waals surface area contributed by atoms with Crippen LogP contribution >= 0.6 is 15.9 Å². The van der Waals surface area contributed by atoms with E-state index >= 15 is 0 Å². The van der Waals surface area contributed by atoms with E-state index in [2.05, 4.69) is 26.0 Å². The summed E-state index contributed by atoms with van der Waals surface area (Å²) in [6.45, 7) is 1.95. The van der Waals surface area contributed by atoms with Gasteiger partial charge in [-0.1, -0.05) is 0 Å². The van der Waals surface area contributed by atoms with Crippen LogP contribution < -0.4 is 4.74 Å². The van der Waals surface area contributed by atoms with E-state index in [9.17, 15) is 0 Å². The monoisotopic (exact) mass is 267 g/mol. The first-order chi connectivity index (χ1) is 7.15. The van der Waals surface area contributed by atoms with Crippen molar-refractivity contribution in [2.45, 2.75) is 6.92 Å². The summed E-state index contributed by atoms with van der Waals surface area (Å²) in [5.41, 5.74) is 0.980. The van der Waals surface area contributed by atoms with Crippen molar-refractivity contribution in [3.05, 3.63) is 34.7 Å². The van der Waals surface area contributed by atoms with Gasteiger partial charge in [0.05, 0.1) is 12.4 Å². The van der Waals surface area contributed by atoms with Gasteiger partial charge in [0, 0.05) is 23.3 Å². The number of hydrogen-bond acceptors (Lipinski definition) is 3. The van der Waals surface area contributed by atoms with Gasteiger partial charge in [-0.25, -0.2) is 4.98 Å². The quantitative estimate of drug-likeness (QED) is 0.840. The van der Waals surface area contributed by atoms with Gasteiger partial charge in [0.1, 0.15) is 0 Å². The number of ether oxygens (including phenoxy) is 1. The summed E-state index contributed by atoms with van der Waals surface area (Å²) in [5, 5.41) is 4.01. The van der Waals surface area contributed by atoms with E-state index in [4.69, 9.17) is 4.74 Å². The molecule has 0 amide bonds. The van der Waals surface area contributed by atoms with Crippen LogP contribution in [-0.4, -0.2) is 14.8 Å². The van der Waals surface area contributed by atoms with Crippen molar-refractivity contribution in [1.29, 1.82) is 0 Å². The molecule has 0 fully saturated rings. The zero-order valence-electron chi connectivity index (χ0n) is 8.44. The summed E-state index contributed by atoms with van der Waals surface area (Å²) in [7, 11) is 1.84. The van der Waals surface area contributed by atoms with Gasteiger partial charge in [-0.05, 0) is 28.9 Å². The number of rotatable bonds is 2. The first kappa shape index (κ1) is 10.2. The number of halogens is 1. The number of aryl methyl sites for hydroxylation is 2. The normalized spacial score (nSPS) is 10.3. The molecule has 2 rings (SSSR count). The third-order valence-electron chi connectivity index (χ3n) is 1.89. The highest BCUT2D eigenvalue weighted by molar-refractivity contribution is 9.10. The number of hydrogen-bond donors (Lipinski definition) is 0. The third kappa shape index (κ3) is 2.36. The molecule has 0 saturated carbocycles. The molecule has 0 bridgehead atoms. The molecular formula is C10H10BrN3O. The summed E-state index contributed by atoms with van der Waals surface area (Å²) in [6.07, 6.45) is 5.16. The van der Waals surface area contributed by atoms with Crippen molar-refractivity contribution >= 4 is 15.9 Å². The Bertz CT molecular complexity index is 481. The number of aromatic nitrogens is 3. The Morgan fingerprint density at radius 3 is 2.80 bits per heavy atom. The predicted octanol–water partition coefficient (Wildman–Crippen LogP) is 2.68.